The van der Waals surface area contributed by atoms with Gasteiger partial charge in [0.2, 0.25) is 0 Å². The summed E-state index contributed by atoms with van der Waals surface area (Å²) in [5.41, 5.74) is 0. The van der Waals surface area contributed by atoms with E-state index in [1.165, 1.54) is 0 Å². The Morgan fingerprint density at radius 2 is 2.71 bits per heavy atom. The Bertz CT molecular complexity index is 147. The Labute approximate surface area is 47.2 Å². The summed E-state index contributed by atoms with van der Waals surface area (Å²) in [4.78, 5) is 9.75. The monoisotopic (exact) mass is 160 g/mol. The third-order valence-corrected chi connectivity index (χ3v) is 1.89. The summed E-state index contributed by atoms with van der Waals surface area (Å²) in [6, 6.07) is 1.69. The Kier molecular flexibility index (Phi) is 1.39. The van der Waals surface area contributed by atoms with Crippen LogP contribution in [0.25, 0.3) is 0 Å². The standard InChI is InChI=1S/C4H2NOSe/c6-3-4-1-2-5-7-4/h1-2H. The van der Waals surface area contributed by atoms with Crippen LogP contribution in [0, 0.1) is 0 Å². The van der Waals surface area contributed by atoms with Gasteiger partial charge in [-0.3, -0.25) is 0 Å². The minimum atomic E-state index is 0.0434. The van der Waals surface area contributed by atoms with Crippen molar-refractivity contribution in [2.75, 3.05) is 0 Å². The normalized spacial score (nSPS) is 8.57. The van der Waals surface area contributed by atoms with Crippen molar-refractivity contribution in [3.05, 3.63) is 16.7 Å². The van der Waals surface area contributed by atoms with Gasteiger partial charge in [-0.25, -0.2) is 0 Å². The molecule has 0 aromatic carbocycles. The third-order valence-electron chi connectivity index (χ3n) is 0.538. The summed E-state index contributed by atoms with van der Waals surface area (Å²) in [6.07, 6.45) is 3.42. The van der Waals surface area contributed by atoms with Crippen LogP contribution in [-0.4, -0.2) is 25.0 Å². The van der Waals surface area contributed by atoms with E-state index in [1.54, 1.807) is 18.5 Å². The molecule has 3 heteroatoms. The first kappa shape index (κ1) is 4.75. The van der Waals surface area contributed by atoms with Crippen molar-refractivity contribution < 1.29 is 4.79 Å². The van der Waals surface area contributed by atoms with Crippen molar-refractivity contribution in [3.63, 3.8) is 0 Å². The number of aromatic nitrogens is 1. The SMILES string of the molecule is O=[C]c1ccn[se]1. The number of nitrogens with zero attached hydrogens (tertiary/aromatic N) is 1. The van der Waals surface area contributed by atoms with Crippen LogP contribution in [0.5, 0.6) is 0 Å². The number of carbonyl (C=O) groups excluding carboxylic acids is 1. The zero-order valence-electron chi connectivity index (χ0n) is 3.42. The van der Waals surface area contributed by atoms with E-state index >= 15 is 0 Å². The number of hydrogen-bond donors (Lipinski definition) is 0. The summed E-state index contributed by atoms with van der Waals surface area (Å²) >= 11 is 0.0434. The molecular weight excluding hydrogens is 157 g/mol. The van der Waals surface area contributed by atoms with Crippen molar-refractivity contribution in [1.29, 1.82) is 0 Å². The molecule has 0 N–H and O–H groups in total. The van der Waals surface area contributed by atoms with E-state index in [1.807, 2.05) is 0 Å². The minimum absolute atomic E-state index is 0.0434. The van der Waals surface area contributed by atoms with Crippen LogP contribution in [-0.2, 0) is 4.79 Å². The van der Waals surface area contributed by atoms with Gasteiger partial charge in [0.25, 0.3) is 0 Å². The molecule has 0 aliphatic carbocycles. The van der Waals surface area contributed by atoms with E-state index in [4.69, 9.17) is 0 Å². The third kappa shape index (κ3) is 0.981. The average molecular weight is 159 g/mol. The fourth-order valence-electron chi connectivity index (χ4n) is 0.268. The van der Waals surface area contributed by atoms with E-state index in [0.29, 0.717) is 4.44 Å². The fraction of sp³-hybridized carbons (Fsp3) is 0. The van der Waals surface area contributed by atoms with Gasteiger partial charge in [0.15, 0.2) is 0 Å². The predicted molar refractivity (Wildman–Crippen MR) is 26.0 cm³/mol. The van der Waals surface area contributed by atoms with Crippen LogP contribution in [0.4, 0.5) is 0 Å². The van der Waals surface area contributed by atoms with Crippen LogP contribution >= 0.6 is 0 Å². The summed E-state index contributed by atoms with van der Waals surface area (Å²) in [7, 11) is 0. The molecule has 1 heterocycles. The Balaban J connectivity index is 2.96. The maximum atomic E-state index is 9.75. The van der Waals surface area contributed by atoms with Crippen molar-refractivity contribution >= 4 is 21.0 Å². The topological polar surface area (TPSA) is 30.0 Å². The molecule has 0 fully saturated rings. The first-order valence-corrected chi connectivity index (χ1v) is 3.34. The molecule has 1 aromatic heterocycles. The Hall–Kier alpha value is -0.401. The molecule has 0 atom stereocenters. The van der Waals surface area contributed by atoms with Gasteiger partial charge in [0, 0.05) is 0 Å². The van der Waals surface area contributed by atoms with E-state index in [-0.39, 0.29) is 14.7 Å². The first-order valence-electron chi connectivity index (χ1n) is 1.72. The summed E-state index contributed by atoms with van der Waals surface area (Å²) in [5.74, 6) is 0. The van der Waals surface area contributed by atoms with Crippen molar-refractivity contribution in [2.24, 2.45) is 0 Å². The Morgan fingerprint density at radius 3 is 3.00 bits per heavy atom. The second-order valence-electron chi connectivity index (χ2n) is 0.979. The van der Waals surface area contributed by atoms with Gasteiger partial charge in [-0.2, -0.15) is 0 Å². The Morgan fingerprint density at radius 1 is 1.86 bits per heavy atom. The second-order valence-corrected chi connectivity index (χ2v) is 2.73. The van der Waals surface area contributed by atoms with E-state index < -0.39 is 0 Å². The molecule has 0 unspecified atom stereocenters. The predicted octanol–water partition coefficient (Wildman–Crippen LogP) is -0.404. The molecule has 0 aliphatic rings. The van der Waals surface area contributed by atoms with Gasteiger partial charge in [-0.15, -0.1) is 0 Å². The number of hydrogen-bond acceptors (Lipinski definition) is 2. The van der Waals surface area contributed by atoms with Crippen molar-refractivity contribution in [1.82, 2.24) is 3.98 Å². The molecule has 1 radical (unpaired) electrons. The molecule has 2 nitrogen and oxygen atoms in total. The average Bonchev–Trinajstić information content (AvgIpc) is 2.14. The van der Waals surface area contributed by atoms with Crippen LogP contribution in [0.15, 0.2) is 12.3 Å². The van der Waals surface area contributed by atoms with Gasteiger partial charge in [-0.1, -0.05) is 0 Å². The van der Waals surface area contributed by atoms with Gasteiger partial charge < -0.3 is 0 Å². The molecule has 0 saturated carbocycles. The maximum absolute atomic E-state index is 9.75. The van der Waals surface area contributed by atoms with Gasteiger partial charge in [0.05, 0.1) is 0 Å². The van der Waals surface area contributed by atoms with E-state index in [0.717, 1.165) is 0 Å². The molecule has 0 aliphatic heterocycles. The molecule has 0 amide bonds. The fourth-order valence-corrected chi connectivity index (χ4v) is 1.10. The van der Waals surface area contributed by atoms with Crippen LogP contribution < -0.4 is 0 Å². The summed E-state index contributed by atoms with van der Waals surface area (Å²) < 4.78 is 4.52. The van der Waals surface area contributed by atoms with E-state index in [2.05, 4.69) is 3.98 Å². The van der Waals surface area contributed by atoms with Gasteiger partial charge >= 0.3 is 46.5 Å². The molecule has 1 rings (SSSR count). The molecular formula is C4H2NOSe. The van der Waals surface area contributed by atoms with Gasteiger partial charge in [0.1, 0.15) is 0 Å². The van der Waals surface area contributed by atoms with E-state index in [9.17, 15) is 4.79 Å². The molecule has 1 aromatic rings. The van der Waals surface area contributed by atoms with Crippen molar-refractivity contribution in [2.45, 2.75) is 0 Å². The summed E-state index contributed by atoms with van der Waals surface area (Å²) in [5, 5.41) is 0. The van der Waals surface area contributed by atoms with Crippen LogP contribution in [0.1, 0.15) is 4.44 Å². The number of rotatable bonds is 1. The second kappa shape index (κ2) is 2.05. The zero-order chi connectivity index (χ0) is 5.11. The van der Waals surface area contributed by atoms with Gasteiger partial charge in [-0.05, 0) is 0 Å². The summed E-state index contributed by atoms with van der Waals surface area (Å²) in [6.45, 7) is 0. The van der Waals surface area contributed by atoms with Crippen molar-refractivity contribution in [3.8, 4) is 0 Å². The zero-order valence-corrected chi connectivity index (χ0v) is 5.13. The molecule has 7 heavy (non-hydrogen) atoms. The molecule has 0 saturated heterocycles. The van der Waals surface area contributed by atoms with Crippen LogP contribution in [0.2, 0.25) is 0 Å². The molecule has 0 bridgehead atoms. The first-order chi connectivity index (χ1) is 3.43. The molecule has 0 spiro atoms. The molecule has 35 valence electrons. The van der Waals surface area contributed by atoms with Crippen LogP contribution in [0.3, 0.4) is 0 Å². The quantitative estimate of drug-likeness (QED) is 0.521.